The highest BCUT2D eigenvalue weighted by atomic mass is 16.5. The van der Waals surface area contributed by atoms with Crippen molar-refractivity contribution in [2.45, 2.75) is 117 Å². The maximum Gasteiger partial charge on any atom is 0.137 e. The minimum Gasteiger partial charge on any atom is -0.457 e. The van der Waals surface area contributed by atoms with Crippen molar-refractivity contribution in [3.8, 4) is 17.3 Å². The molecule has 0 unspecified atom stereocenters. The first kappa shape index (κ1) is 47.6. The number of hydrogen-bond acceptors (Lipinski definition) is 4. The first-order valence-corrected chi connectivity index (χ1v) is 25.4. The van der Waals surface area contributed by atoms with Crippen molar-refractivity contribution in [1.29, 1.82) is 0 Å². The van der Waals surface area contributed by atoms with Crippen LogP contribution in [0.4, 0.5) is 22.7 Å². The molecule has 9 aromatic rings. The zero-order valence-electron chi connectivity index (χ0n) is 44.1. The van der Waals surface area contributed by atoms with Gasteiger partial charge in [-0.1, -0.05) is 181 Å². The molecule has 10 rings (SSSR count). The molecule has 0 aliphatic carbocycles. The summed E-state index contributed by atoms with van der Waals surface area (Å²) in [5.41, 5.74) is 15.1. The van der Waals surface area contributed by atoms with Crippen molar-refractivity contribution in [2.75, 3.05) is 16.5 Å². The number of fused-ring (bicyclic) bond motifs is 4. The number of aromatic nitrogens is 2. The number of nitrogens with zero attached hydrogens (tertiary/aromatic N) is 4. The zero-order chi connectivity index (χ0) is 50.3. The van der Waals surface area contributed by atoms with E-state index in [4.69, 9.17) is 9.72 Å². The van der Waals surface area contributed by atoms with Crippen LogP contribution in [0.15, 0.2) is 176 Å². The fourth-order valence-corrected chi connectivity index (χ4v) is 10.6. The lowest BCUT2D eigenvalue weighted by molar-refractivity contribution is 0.483. The smallest absolute Gasteiger partial charge is 0.137 e. The molecule has 71 heavy (non-hydrogen) atoms. The second-order valence-electron chi connectivity index (χ2n) is 23.9. The number of rotatable bonds is 9. The fraction of sp³-hybridized carbons (Fsp3) is 0.288. The van der Waals surface area contributed by atoms with Gasteiger partial charge >= 0.3 is 0 Å². The second kappa shape index (κ2) is 17.3. The molecular weight excluding hydrogens is 865 g/mol. The van der Waals surface area contributed by atoms with Crippen LogP contribution >= 0.6 is 0 Å². The van der Waals surface area contributed by atoms with Crippen LogP contribution in [0.2, 0.25) is 0 Å². The average Bonchev–Trinajstić information content (AvgIpc) is 3.89. The molecule has 0 saturated heterocycles. The van der Waals surface area contributed by atoms with Gasteiger partial charge in [-0.15, -0.1) is 0 Å². The van der Waals surface area contributed by atoms with Crippen LogP contribution in [-0.2, 0) is 27.1 Å². The molecule has 7 aromatic carbocycles. The van der Waals surface area contributed by atoms with E-state index in [1.807, 2.05) is 6.20 Å². The Bertz CT molecular complexity index is 3400. The van der Waals surface area contributed by atoms with Gasteiger partial charge in [0.05, 0.1) is 22.4 Å². The molecule has 2 aromatic heterocycles. The molecule has 360 valence electrons. The van der Waals surface area contributed by atoms with E-state index >= 15 is 0 Å². The molecule has 0 amide bonds. The highest BCUT2D eigenvalue weighted by molar-refractivity contribution is 6.09. The van der Waals surface area contributed by atoms with E-state index in [0.29, 0.717) is 6.67 Å². The van der Waals surface area contributed by atoms with E-state index < -0.39 is 0 Å². The molecule has 0 N–H and O–H groups in total. The van der Waals surface area contributed by atoms with Gasteiger partial charge in [0.25, 0.3) is 0 Å². The van der Waals surface area contributed by atoms with Crippen molar-refractivity contribution in [3.05, 3.63) is 215 Å². The van der Waals surface area contributed by atoms with Gasteiger partial charge in [-0.25, -0.2) is 4.98 Å². The fourth-order valence-electron chi connectivity index (χ4n) is 10.6. The summed E-state index contributed by atoms with van der Waals surface area (Å²) < 4.78 is 9.21. The van der Waals surface area contributed by atoms with Gasteiger partial charge in [0.15, 0.2) is 0 Å². The predicted molar refractivity (Wildman–Crippen MR) is 300 cm³/mol. The first-order chi connectivity index (χ1) is 33.6. The standard InChI is InChI=1S/C66H70N4O/c1-62(2,3)46-33-34-67-61(38-46)70-57-30-21-20-29-53(57)54-32-31-52(40-58(54)70)71-51-28-22-27-49(39-51)68-43-69(50-36-47(63(4,5)6)35-48(37-50)64(7,8)9)60-42-56(66(12,13)45-25-18-15-19-26-45)55(41-59(60)68)65(10,11)44-23-16-14-17-24-44/h14-42H,43H2,1-13H3. The summed E-state index contributed by atoms with van der Waals surface area (Å²) in [6.07, 6.45) is 1.93. The Morgan fingerprint density at radius 2 is 0.915 bits per heavy atom. The number of hydrogen-bond donors (Lipinski definition) is 0. The Morgan fingerprint density at radius 3 is 1.49 bits per heavy atom. The van der Waals surface area contributed by atoms with Crippen LogP contribution < -0.4 is 14.5 Å². The Morgan fingerprint density at radius 1 is 0.394 bits per heavy atom. The zero-order valence-corrected chi connectivity index (χ0v) is 44.1. The SMILES string of the molecule is CC(C)(C)c1cc(N2CN(c3cccc(Oc4ccc5c6ccccc6n(-c6cc(C(C)(C)C)ccn6)c5c4)c3)c3cc(C(C)(C)c4ccccc4)c(C(C)(C)c4ccccc4)cc32)cc(C(C)(C)C)c1. The van der Waals surface area contributed by atoms with Crippen molar-refractivity contribution in [1.82, 2.24) is 9.55 Å². The summed E-state index contributed by atoms with van der Waals surface area (Å²) in [6.45, 7) is 30.9. The van der Waals surface area contributed by atoms with Crippen LogP contribution in [-0.4, -0.2) is 16.2 Å². The average molecular weight is 935 g/mol. The largest absolute Gasteiger partial charge is 0.457 e. The van der Waals surface area contributed by atoms with Gasteiger partial charge in [-0.3, -0.25) is 4.57 Å². The van der Waals surface area contributed by atoms with E-state index in [2.05, 4.69) is 274 Å². The Kier molecular flexibility index (Phi) is 11.6. The van der Waals surface area contributed by atoms with Crippen LogP contribution in [0, 0.1) is 0 Å². The van der Waals surface area contributed by atoms with Gasteiger partial charge in [-0.2, -0.15) is 0 Å². The number of pyridine rings is 1. The van der Waals surface area contributed by atoms with E-state index in [0.717, 1.165) is 39.4 Å². The van der Waals surface area contributed by atoms with Crippen molar-refractivity contribution in [3.63, 3.8) is 0 Å². The van der Waals surface area contributed by atoms with Gasteiger partial charge < -0.3 is 14.5 Å². The third-order valence-electron chi connectivity index (χ3n) is 15.1. The van der Waals surface area contributed by atoms with E-state index in [1.54, 1.807) is 0 Å². The molecule has 0 atom stereocenters. The van der Waals surface area contributed by atoms with Crippen LogP contribution in [0.25, 0.3) is 27.6 Å². The van der Waals surface area contributed by atoms with E-state index in [-0.39, 0.29) is 27.1 Å². The van der Waals surface area contributed by atoms with Crippen molar-refractivity contribution >= 4 is 44.6 Å². The van der Waals surface area contributed by atoms with E-state index in [1.165, 1.54) is 61.4 Å². The molecule has 5 heteroatoms. The lowest BCUT2D eigenvalue weighted by atomic mass is 9.68. The maximum absolute atomic E-state index is 6.93. The summed E-state index contributed by atoms with van der Waals surface area (Å²) in [4.78, 5) is 9.97. The predicted octanol–water partition coefficient (Wildman–Crippen LogP) is 17.8. The molecule has 0 bridgehead atoms. The number of anilines is 4. The van der Waals surface area contributed by atoms with Crippen LogP contribution in [0.3, 0.4) is 0 Å². The Labute approximate surface area is 422 Å². The first-order valence-electron chi connectivity index (χ1n) is 25.4. The molecular formula is C66H70N4O. The summed E-state index contributed by atoms with van der Waals surface area (Å²) in [6, 6.07) is 62.4. The van der Waals surface area contributed by atoms with Gasteiger partial charge in [0.2, 0.25) is 0 Å². The highest BCUT2D eigenvalue weighted by Crippen LogP contribution is 2.52. The molecule has 0 spiro atoms. The lowest BCUT2D eigenvalue weighted by Crippen LogP contribution is -2.28. The summed E-state index contributed by atoms with van der Waals surface area (Å²) in [5, 5.41) is 2.34. The quantitative estimate of drug-likeness (QED) is 0.144. The lowest BCUT2D eigenvalue weighted by Gasteiger charge is -2.37. The Hall–Kier alpha value is -7.11. The normalized spacial score (nSPS) is 13.6. The second-order valence-corrected chi connectivity index (χ2v) is 23.9. The van der Waals surface area contributed by atoms with E-state index in [9.17, 15) is 0 Å². The van der Waals surface area contributed by atoms with Gasteiger partial charge in [0, 0.05) is 51.3 Å². The third-order valence-corrected chi connectivity index (χ3v) is 15.1. The van der Waals surface area contributed by atoms with Crippen molar-refractivity contribution in [2.24, 2.45) is 0 Å². The molecule has 3 heterocycles. The molecule has 0 fully saturated rings. The summed E-state index contributed by atoms with van der Waals surface area (Å²) in [7, 11) is 0. The monoisotopic (exact) mass is 935 g/mol. The molecule has 5 nitrogen and oxygen atoms in total. The van der Waals surface area contributed by atoms with Crippen LogP contribution in [0.1, 0.15) is 129 Å². The van der Waals surface area contributed by atoms with Crippen LogP contribution in [0.5, 0.6) is 11.5 Å². The number of ether oxygens (including phenoxy) is 1. The highest BCUT2D eigenvalue weighted by Gasteiger charge is 2.39. The van der Waals surface area contributed by atoms with Crippen molar-refractivity contribution < 1.29 is 4.74 Å². The maximum atomic E-state index is 6.93. The van der Waals surface area contributed by atoms with Gasteiger partial charge in [0.1, 0.15) is 24.0 Å². The van der Waals surface area contributed by atoms with Gasteiger partial charge in [-0.05, 0) is 122 Å². The molecule has 1 aliphatic rings. The third kappa shape index (κ3) is 8.79. The number of para-hydroxylation sites is 1. The molecule has 1 aliphatic heterocycles. The topological polar surface area (TPSA) is 33.5 Å². The summed E-state index contributed by atoms with van der Waals surface area (Å²) >= 11 is 0. The Balaban J connectivity index is 1.13. The summed E-state index contributed by atoms with van der Waals surface area (Å²) in [5.74, 6) is 2.43. The molecule has 0 saturated carbocycles. The minimum atomic E-state index is -0.321. The molecule has 0 radical (unpaired) electrons. The minimum absolute atomic E-state index is 0.0187. The number of benzene rings is 7.